The molecule has 0 saturated carbocycles. The molecule has 0 saturated heterocycles. The van der Waals surface area contributed by atoms with Gasteiger partial charge >= 0.3 is 22.8 Å². The maximum Gasteiger partial charge on any atom is 2.00 e. The molecule has 1 aliphatic rings. The first kappa shape index (κ1) is 26.6. The number of aromatic nitrogens is 2. The van der Waals surface area contributed by atoms with Gasteiger partial charge in [-0.15, -0.1) is 10.2 Å². The Bertz CT molecular complexity index is 1650. The monoisotopic (exact) mass is 566 g/mol. The van der Waals surface area contributed by atoms with Crippen LogP contribution in [0.15, 0.2) is 83.6 Å². The van der Waals surface area contributed by atoms with Gasteiger partial charge in [-0.05, 0) is 37.1 Å². The summed E-state index contributed by atoms with van der Waals surface area (Å²) in [6, 6.07) is 10.0. The van der Waals surface area contributed by atoms with Gasteiger partial charge in [0, 0.05) is 18.2 Å². The fourth-order valence-corrected chi connectivity index (χ4v) is 4.32. The summed E-state index contributed by atoms with van der Waals surface area (Å²) in [5.74, 6) is -1.97. The Morgan fingerprint density at radius 3 is 2.05 bits per heavy atom. The maximum absolute atomic E-state index is 13.2. The van der Waals surface area contributed by atoms with Gasteiger partial charge in [0.25, 0.3) is 17.4 Å². The number of nitrogens with zero attached hydrogens (tertiary/aromatic N) is 5. The van der Waals surface area contributed by atoms with Gasteiger partial charge in [0.2, 0.25) is 23.3 Å². The molecule has 0 fully saturated rings. The van der Waals surface area contributed by atoms with Crippen molar-refractivity contribution in [3.05, 3.63) is 87.0 Å². The van der Waals surface area contributed by atoms with Crippen LogP contribution in [0.5, 0.6) is 5.88 Å². The molecule has 0 spiro atoms. The van der Waals surface area contributed by atoms with E-state index >= 15 is 0 Å². The number of benzene rings is 1. The number of amides is 2. The smallest absolute Gasteiger partial charge is 0.492 e. The Balaban J connectivity index is 0.00000336. The summed E-state index contributed by atoms with van der Waals surface area (Å²) >= 11 is 0. The average Bonchev–Trinajstić information content (AvgIpc) is 3.65. The number of furan rings is 2. The van der Waals surface area contributed by atoms with Crippen molar-refractivity contribution in [2.45, 2.75) is 32.7 Å². The molecule has 1 aromatic carbocycles. The number of rotatable bonds is 7. The van der Waals surface area contributed by atoms with Crippen molar-refractivity contribution in [3.63, 3.8) is 0 Å². The predicted molar refractivity (Wildman–Crippen MR) is 129 cm³/mol. The third-order valence-electron chi connectivity index (χ3n) is 6.15. The third kappa shape index (κ3) is 4.11. The first-order chi connectivity index (χ1) is 17.9. The molecule has 0 aliphatic carbocycles. The molecule has 4 heterocycles. The molecule has 5 rings (SSSR count). The van der Waals surface area contributed by atoms with Crippen molar-refractivity contribution in [2.75, 3.05) is 0 Å². The molecule has 3 aromatic heterocycles. The minimum absolute atomic E-state index is 0. The van der Waals surface area contributed by atoms with Gasteiger partial charge in [0.15, 0.2) is 0 Å². The molecule has 1 radical (unpaired) electrons. The second-order valence-corrected chi connectivity index (χ2v) is 8.18. The summed E-state index contributed by atoms with van der Waals surface area (Å²) in [6.45, 7) is 3.78. The van der Waals surface area contributed by atoms with Crippen LogP contribution in [-0.2, 0) is 17.1 Å². The molecule has 1 aliphatic heterocycles. The van der Waals surface area contributed by atoms with Gasteiger partial charge in [-0.25, -0.2) is 4.79 Å². The zero-order chi connectivity index (χ0) is 26.3. The molecule has 13 heteroatoms. The second-order valence-electron chi connectivity index (χ2n) is 8.18. The van der Waals surface area contributed by atoms with Gasteiger partial charge in [-0.1, -0.05) is 19.9 Å². The quantitative estimate of drug-likeness (QED) is 0.201. The van der Waals surface area contributed by atoms with Crippen molar-refractivity contribution < 1.29 is 40.6 Å². The number of carbonyl (C=O) groups is 2. The minimum atomic E-state index is -1.02. The summed E-state index contributed by atoms with van der Waals surface area (Å²) in [5, 5.41) is 18.8. The standard InChI is InChI=1S/C25H21N5O7.Cu/c1-3-14(4-2)28-21(31)15-8-5-9-16(19(15)22(28)32)26-27-20-23(33)29(17-10-6-12-36-17)25(35)30(24(20)34)18-11-7-13-37-18;/h5-14,33H,3-4H2,1-2H3;/q;+2. The number of carbonyl (C=O) groups excluding carboxylic acids is 2. The van der Waals surface area contributed by atoms with Gasteiger partial charge in [-0.2, -0.15) is 9.13 Å². The van der Waals surface area contributed by atoms with E-state index in [1.807, 2.05) is 13.8 Å². The zero-order valence-corrected chi connectivity index (χ0v) is 21.1. The van der Waals surface area contributed by atoms with E-state index in [1.54, 1.807) is 6.07 Å². The Kier molecular flexibility index (Phi) is 7.33. The first-order valence-electron chi connectivity index (χ1n) is 11.5. The molecule has 197 valence electrons. The summed E-state index contributed by atoms with van der Waals surface area (Å²) in [5.41, 5.74) is -2.34. The van der Waals surface area contributed by atoms with E-state index < -0.39 is 34.6 Å². The number of hydrogen-bond acceptors (Lipinski definition) is 9. The molecule has 0 bridgehead atoms. The number of imide groups is 1. The van der Waals surface area contributed by atoms with Crippen LogP contribution in [0.1, 0.15) is 47.4 Å². The van der Waals surface area contributed by atoms with Crippen LogP contribution in [0.2, 0.25) is 0 Å². The van der Waals surface area contributed by atoms with E-state index in [4.69, 9.17) is 8.83 Å². The largest absolute Gasteiger partial charge is 2.00 e. The second kappa shape index (κ2) is 10.5. The minimum Gasteiger partial charge on any atom is -0.492 e. The first-order valence-corrected chi connectivity index (χ1v) is 11.5. The van der Waals surface area contributed by atoms with Crippen LogP contribution in [-0.4, -0.2) is 37.0 Å². The van der Waals surface area contributed by atoms with Crippen LogP contribution in [0.25, 0.3) is 11.8 Å². The Morgan fingerprint density at radius 1 is 0.842 bits per heavy atom. The topological polar surface area (TPSA) is 153 Å². The van der Waals surface area contributed by atoms with Crippen molar-refractivity contribution in [1.82, 2.24) is 14.0 Å². The third-order valence-corrected chi connectivity index (χ3v) is 6.15. The summed E-state index contributed by atoms with van der Waals surface area (Å²) in [7, 11) is 0. The predicted octanol–water partition coefficient (Wildman–Crippen LogP) is 4.08. The molecule has 12 nitrogen and oxygen atoms in total. The number of azo groups is 1. The van der Waals surface area contributed by atoms with Crippen LogP contribution in [0, 0.1) is 0 Å². The fraction of sp³-hybridized carbons (Fsp3) is 0.200. The van der Waals surface area contributed by atoms with E-state index in [0.717, 1.165) is 4.57 Å². The number of aromatic hydroxyl groups is 1. The van der Waals surface area contributed by atoms with Gasteiger partial charge in [-0.3, -0.25) is 19.3 Å². The number of fused-ring (bicyclic) bond motifs is 1. The van der Waals surface area contributed by atoms with Crippen LogP contribution in [0.4, 0.5) is 11.4 Å². The molecule has 1 N–H and O–H groups in total. The van der Waals surface area contributed by atoms with E-state index in [9.17, 15) is 24.3 Å². The van der Waals surface area contributed by atoms with E-state index in [0.29, 0.717) is 17.4 Å². The van der Waals surface area contributed by atoms with Crippen molar-refractivity contribution in [3.8, 4) is 17.6 Å². The van der Waals surface area contributed by atoms with Gasteiger partial charge in [0.05, 0.1) is 29.3 Å². The van der Waals surface area contributed by atoms with Gasteiger partial charge in [0.1, 0.15) is 0 Å². The molecule has 4 aromatic rings. The van der Waals surface area contributed by atoms with Crippen molar-refractivity contribution in [2.24, 2.45) is 10.2 Å². The molecule has 38 heavy (non-hydrogen) atoms. The summed E-state index contributed by atoms with van der Waals surface area (Å²) in [4.78, 5) is 53.7. The summed E-state index contributed by atoms with van der Waals surface area (Å²) in [6.07, 6.45) is 3.74. The molecule has 0 unspecified atom stereocenters. The normalized spacial score (nSPS) is 13.0. The fourth-order valence-electron chi connectivity index (χ4n) is 4.32. The van der Waals surface area contributed by atoms with Crippen molar-refractivity contribution in [1.29, 1.82) is 0 Å². The van der Waals surface area contributed by atoms with E-state index in [2.05, 4.69) is 10.2 Å². The zero-order valence-electron chi connectivity index (χ0n) is 20.1. The maximum atomic E-state index is 13.2. The Labute approximate surface area is 225 Å². The number of hydrogen-bond donors (Lipinski definition) is 1. The van der Waals surface area contributed by atoms with E-state index in [1.165, 1.54) is 53.8 Å². The Hall–Kier alpha value is -4.48. The van der Waals surface area contributed by atoms with E-state index in [-0.39, 0.29) is 51.7 Å². The summed E-state index contributed by atoms with van der Waals surface area (Å²) < 4.78 is 11.9. The molecule has 0 atom stereocenters. The molecular formula is C25H21CuN5O7+2. The van der Waals surface area contributed by atoms with Crippen LogP contribution >= 0.6 is 0 Å². The molecular weight excluding hydrogens is 546 g/mol. The molecule has 2 amide bonds. The average molecular weight is 567 g/mol. The van der Waals surface area contributed by atoms with Crippen LogP contribution in [0.3, 0.4) is 0 Å². The Morgan fingerprint density at radius 2 is 1.47 bits per heavy atom. The van der Waals surface area contributed by atoms with Crippen LogP contribution < -0.4 is 11.2 Å². The SMILES string of the molecule is CCC(CC)N1C(=O)c2cccc(N=Nc3c(O)n(-c4ccco4)c(=O)n(-c4ccco4)c3=O)c2C1=O.[Cu+2]. The van der Waals surface area contributed by atoms with Crippen molar-refractivity contribution >= 4 is 23.2 Å². The van der Waals surface area contributed by atoms with Gasteiger partial charge < -0.3 is 13.9 Å².